The zero-order chi connectivity index (χ0) is 26.6. The Kier molecular flexibility index (Phi) is 6.62. The maximum absolute atomic E-state index is 16.8. The second-order valence-corrected chi connectivity index (χ2v) is 7.87. The van der Waals surface area contributed by atoms with E-state index in [4.69, 9.17) is 0 Å². The molecule has 1 fully saturated rings. The first kappa shape index (κ1) is 27.1. The third-order valence-electron chi connectivity index (χ3n) is 5.63. The van der Waals surface area contributed by atoms with Crippen LogP contribution in [-0.4, -0.2) is 12.6 Å². The van der Waals surface area contributed by atoms with Crippen molar-refractivity contribution >= 4 is 0 Å². The Labute approximate surface area is 188 Å². The van der Waals surface area contributed by atoms with E-state index < -0.39 is 81.9 Å². The zero-order valence-electron chi connectivity index (χ0n) is 17.1. The van der Waals surface area contributed by atoms with Gasteiger partial charge in [-0.3, -0.25) is 0 Å². The lowest BCUT2D eigenvalue weighted by molar-refractivity contribution is -0.144. The molecule has 194 valence electrons. The van der Waals surface area contributed by atoms with Gasteiger partial charge in [0.1, 0.15) is 0 Å². The zero-order valence-corrected chi connectivity index (χ0v) is 17.1. The lowest BCUT2D eigenvalue weighted by Crippen LogP contribution is -2.45. The third kappa shape index (κ3) is 5.21. The molecule has 0 saturated carbocycles. The van der Waals surface area contributed by atoms with Gasteiger partial charge in [0.2, 0.25) is 0 Å². The van der Waals surface area contributed by atoms with Crippen LogP contribution < -0.4 is 5.32 Å². The van der Waals surface area contributed by atoms with Crippen LogP contribution in [0.5, 0.6) is 0 Å². The van der Waals surface area contributed by atoms with Crippen LogP contribution in [0.25, 0.3) is 0 Å². The average molecular weight is 527 g/mol. The fraction of sp³-hybridized carbons (Fsp3) is 0.429. The molecule has 0 bridgehead atoms. The minimum absolute atomic E-state index is 0.0552. The monoisotopic (exact) mass is 527 g/mol. The summed E-state index contributed by atoms with van der Waals surface area (Å²) in [7, 11) is 0. The van der Waals surface area contributed by atoms with Crippen molar-refractivity contribution in [2.24, 2.45) is 0 Å². The summed E-state index contributed by atoms with van der Waals surface area (Å²) in [4.78, 5) is 0. The predicted molar refractivity (Wildman–Crippen MR) is 95.8 cm³/mol. The standard InChI is InChI=1S/C21H14F13N/c22-17(16-2-1-7-35-16,12-5-3-10(18(23,24)25)8-14(12)20(29,30)31)13-6-4-11(19(26,27)28)9-15(13)21(32,33)34/h3-6,8-9,16,35H,1-2,7H2/t16-/m0/s1. The van der Waals surface area contributed by atoms with Crippen molar-refractivity contribution < 1.29 is 57.1 Å². The van der Waals surface area contributed by atoms with Crippen LogP contribution in [0.15, 0.2) is 36.4 Å². The topological polar surface area (TPSA) is 12.0 Å². The summed E-state index contributed by atoms with van der Waals surface area (Å²) in [6, 6.07) is -2.38. The molecular weight excluding hydrogens is 513 g/mol. The van der Waals surface area contributed by atoms with Crippen LogP contribution in [0, 0.1) is 0 Å². The number of alkyl halides is 13. The fourth-order valence-electron chi connectivity index (χ4n) is 4.09. The van der Waals surface area contributed by atoms with Gasteiger partial charge >= 0.3 is 24.7 Å². The molecule has 1 atom stereocenters. The van der Waals surface area contributed by atoms with Crippen molar-refractivity contribution in [2.75, 3.05) is 6.54 Å². The first-order valence-electron chi connectivity index (χ1n) is 9.77. The molecule has 1 nitrogen and oxygen atoms in total. The molecule has 1 aliphatic rings. The molecule has 3 rings (SSSR count). The van der Waals surface area contributed by atoms with Crippen LogP contribution in [0.3, 0.4) is 0 Å². The number of rotatable bonds is 3. The maximum atomic E-state index is 16.8. The Bertz CT molecular complexity index is 995. The molecule has 1 N–H and O–H groups in total. The van der Waals surface area contributed by atoms with Gasteiger partial charge in [0.15, 0.2) is 5.67 Å². The summed E-state index contributed by atoms with van der Waals surface area (Å²) in [5.74, 6) is 0. The van der Waals surface area contributed by atoms with Crippen molar-refractivity contribution in [1.29, 1.82) is 0 Å². The van der Waals surface area contributed by atoms with Gasteiger partial charge in [-0.25, -0.2) is 4.39 Å². The molecule has 0 unspecified atom stereocenters. The van der Waals surface area contributed by atoms with E-state index >= 15 is 4.39 Å². The minimum Gasteiger partial charge on any atom is -0.310 e. The summed E-state index contributed by atoms with van der Waals surface area (Å²) < 4.78 is 178. The quantitative estimate of drug-likeness (QED) is 0.403. The summed E-state index contributed by atoms with van der Waals surface area (Å²) >= 11 is 0. The van der Waals surface area contributed by atoms with Crippen LogP contribution in [0.4, 0.5) is 57.1 Å². The van der Waals surface area contributed by atoms with Crippen LogP contribution in [0.2, 0.25) is 0 Å². The number of nitrogens with one attached hydrogen (secondary N) is 1. The Balaban J connectivity index is 2.41. The smallest absolute Gasteiger partial charge is 0.310 e. The molecule has 0 aromatic heterocycles. The van der Waals surface area contributed by atoms with Gasteiger partial charge in [-0.1, -0.05) is 12.1 Å². The average Bonchev–Trinajstić information content (AvgIpc) is 3.25. The van der Waals surface area contributed by atoms with Gasteiger partial charge in [-0.05, 0) is 43.7 Å². The highest BCUT2D eigenvalue weighted by molar-refractivity contribution is 5.51. The lowest BCUT2D eigenvalue weighted by atomic mass is 9.76. The Hall–Kier alpha value is -2.51. The van der Waals surface area contributed by atoms with Gasteiger partial charge in [0, 0.05) is 17.2 Å². The molecule has 0 aliphatic carbocycles. The highest BCUT2D eigenvalue weighted by atomic mass is 19.4. The molecule has 0 radical (unpaired) electrons. The Morgan fingerprint density at radius 2 is 0.943 bits per heavy atom. The molecular formula is C21H14F13N. The Morgan fingerprint density at radius 3 is 1.23 bits per heavy atom. The number of hydrogen-bond donors (Lipinski definition) is 1. The van der Waals surface area contributed by atoms with E-state index in [0.717, 1.165) is 0 Å². The maximum Gasteiger partial charge on any atom is 0.416 e. The van der Waals surface area contributed by atoms with Crippen molar-refractivity contribution in [2.45, 2.75) is 49.3 Å². The van der Waals surface area contributed by atoms with Crippen molar-refractivity contribution in [3.63, 3.8) is 0 Å². The summed E-state index contributed by atoms with van der Waals surface area (Å²) in [6.45, 7) is -0.0552. The molecule has 0 spiro atoms. The van der Waals surface area contributed by atoms with Crippen molar-refractivity contribution in [3.05, 3.63) is 69.8 Å². The van der Waals surface area contributed by atoms with E-state index in [0.29, 0.717) is 0 Å². The van der Waals surface area contributed by atoms with Crippen LogP contribution in [-0.2, 0) is 30.4 Å². The van der Waals surface area contributed by atoms with E-state index in [-0.39, 0.29) is 43.7 Å². The van der Waals surface area contributed by atoms with E-state index in [1.807, 2.05) is 0 Å². The summed E-state index contributed by atoms with van der Waals surface area (Å²) in [5, 5.41) is 2.39. The minimum atomic E-state index is -5.64. The third-order valence-corrected chi connectivity index (χ3v) is 5.63. The van der Waals surface area contributed by atoms with Gasteiger partial charge in [-0.2, -0.15) is 52.7 Å². The molecule has 2 aromatic rings. The first-order chi connectivity index (χ1) is 15.8. The molecule has 0 amide bonds. The predicted octanol–water partition coefficient (Wildman–Crippen LogP) is 7.73. The summed E-state index contributed by atoms with van der Waals surface area (Å²) in [6.07, 6.45) is -22.1. The molecule has 1 aliphatic heterocycles. The lowest BCUT2D eigenvalue weighted by Gasteiger charge is -2.36. The van der Waals surface area contributed by atoms with E-state index in [9.17, 15) is 52.7 Å². The number of halogens is 13. The normalized spacial score (nSPS) is 18.3. The first-order valence-corrected chi connectivity index (χ1v) is 9.77. The van der Waals surface area contributed by atoms with Gasteiger partial charge in [-0.15, -0.1) is 0 Å². The molecule has 14 heteroatoms. The van der Waals surface area contributed by atoms with Gasteiger partial charge in [0.05, 0.1) is 22.3 Å². The SMILES string of the molecule is FC(F)(F)c1ccc(C(F)(c2ccc(C(F)(F)F)cc2C(F)(F)F)[C@@H]2CCCN2)c(C(F)(F)F)c1. The molecule has 1 heterocycles. The van der Waals surface area contributed by atoms with Gasteiger partial charge < -0.3 is 5.32 Å². The van der Waals surface area contributed by atoms with Gasteiger partial charge in [0.25, 0.3) is 0 Å². The molecule has 2 aromatic carbocycles. The number of benzene rings is 2. The van der Waals surface area contributed by atoms with Crippen molar-refractivity contribution in [3.8, 4) is 0 Å². The Morgan fingerprint density at radius 1 is 0.543 bits per heavy atom. The highest BCUT2D eigenvalue weighted by Crippen LogP contribution is 2.51. The molecule has 35 heavy (non-hydrogen) atoms. The summed E-state index contributed by atoms with van der Waals surface area (Å²) in [5.41, 5.74) is -15.0. The largest absolute Gasteiger partial charge is 0.416 e. The fourth-order valence-corrected chi connectivity index (χ4v) is 4.09. The highest BCUT2D eigenvalue weighted by Gasteiger charge is 2.53. The van der Waals surface area contributed by atoms with Crippen LogP contribution >= 0.6 is 0 Å². The van der Waals surface area contributed by atoms with Crippen molar-refractivity contribution in [1.82, 2.24) is 5.32 Å². The van der Waals surface area contributed by atoms with E-state index in [2.05, 4.69) is 5.32 Å². The van der Waals surface area contributed by atoms with Crippen LogP contribution in [0.1, 0.15) is 46.2 Å². The number of hydrogen-bond acceptors (Lipinski definition) is 1. The van der Waals surface area contributed by atoms with E-state index in [1.165, 1.54) is 0 Å². The second kappa shape index (κ2) is 8.56. The second-order valence-electron chi connectivity index (χ2n) is 7.87. The molecule has 1 saturated heterocycles. The van der Waals surface area contributed by atoms with E-state index in [1.54, 1.807) is 0 Å².